The van der Waals surface area contributed by atoms with Crippen molar-refractivity contribution in [3.05, 3.63) is 0 Å². The van der Waals surface area contributed by atoms with Crippen molar-refractivity contribution in [3.63, 3.8) is 0 Å². The Hall–Kier alpha value is -0.900. The fourth-order valence-corrected chi connectivity index (χ4v) is 3.84. The Labute approximate surface area is 121 Å². The highest BCUT2D eigenvalue weighted by Gasteiger charge is 2.40. The fraction of sp³-hybridized carbons (Fsp3) is 0.875. The Kier molecular flexibility index (Phi) is 4.11. The molecule has 3 atom stereocenters. The van der Waals surface area contributed by atoms with E-state index in [-0.39, 0.29) is 17.9 Å². The molecular weight excluding hydrogens is 252 g/mol. The molecule has 0 aromatic heterocycles. The molecule has 0 aromatic carbocycles. The van der Waals surface area contributed by atoms with E-state index in [0.29, 0.717) is 17.9 Å². The standard InChI is InChI=1S/C16H26N2O2/c1-11(16(20)17-12-8-9-12)18-10-4-6-14(18)13-5-2-3-7-15(13)19/h11-14H,2-10H2,1H3,(H,17,20). The topological polar surface area (TPSA) is 49.4 Å². The maximum absolute atomic E-state index is 12.3. The molecule has 2 aliphatic carbocycles. The van der Waals surface area contributed by atoms with Crippen LogP contribution >= 0.6 is 0 Å². The number of amides is 1. The van der Waals surface area contributed by atoms with Crippen LogP contribution in [-0.4, -0.2) is 41.3 Å². The van der Waals surface area contributed by atoms with Gasteiger partial charge in [0.25, 0.3) is 0 Å². The molecule has 1 amide bonds. The number of rotatable bonds is 4. The van der Waals surface area contributed by atoms with Crippen molar-refractivity contribution in [1.29, 1.82) is 0 Å². The first-order valence-electron chi connectivity index (χ1n) is 8.25. The summed E-state index contributed by atoms with van der Waals surface area (Å²) in [6.07, 6.45) is 8.46. The first kappa shape index (κ1) is 14.1. The van der Waals surface area contributed by atoms with Gasteiger partial charge in [0.15, 0.2) is 0 Å². The maximum atomic E-state index is 12.3. The van der Waals surface area contributed by atoms with Crippen molar-refractivity contribution in [3.8, 4) is 0 Å². The molecule has 3 rings (SSSR count). The van der Waals surface area contributed by atoms with Crippen LogP contribution in [-0.2, 0) is 9.59 Å². The van der Waals surface area contributed by atoms with E-state index in [1.807, 2.05) is 6.92 Å². The van der Waals surface area contributed by atoms with Gasteiger partial charge in [0.1, 0.15) is 5.78 Å². The monoisotopic (exact) mass is 278 g/mol. The zero-order chi connectivity index (χ0) is 14.1. The third kappa shape index (κ3) is 2.90. The van der Waals surface area contributed by atoms with E-state index in [2.05, 4.69) is 10.2 Å². The number of hydrogen-bond acceptors (Lipinski definition) is 3. The third-order valence-corrected chi connectivity index (χ3v) is 5.21. The number of nitrogens with one attached hydrogen (secondary N) is 1. The maximum Gasteiger partial charge on any atom is 0.237 e. The first-order valence-corrected chi connectivity index (χ1v) is 8.25. The Morgan fingerprint density at radius 1 is 1.20 bits per heavy atom. The van der Waals surface area contributed by atoms with Crippen molar-refractivity contribution < 1.29 is 9.59 Å². The van der Waals surface area contributed by atoms with Crippen molar-refractivity contribution in [2.24, 2.45) is 5.92 Å². The molecule has 1 saturated heterocycles. The number of Topliss-reactive ketones (excluding diaryl/α,β-unsaturated/α-hetero) is 1. The van der Waals surface area contributed by atoms with Crippen LogP contribution in [0.2, 0.25) is 0 Å². The molecule has 3 fully saturated rings. The molecule has 0 radical (unpaired) electrons. The summed E-state index contributed by atoms with van der Waals surface area (Å²) in [7, 11) is 0. The van der Waals surface area contributed by atoms with Gasteiger partial charge < -0.3 is 5.32 Å². The average Bonchev–Trinajstić information content (AvgIpc) is 3.12. The molecule has 0 spiro atoms. The highest BCUT2D eigenvalue weighted by molar-refractivity contribution is 5.83. The van der Waals surface area contributed by atoms with Gasteiger partial charge in [0.05, 0.1) is 6.04 Å². The van der Waals surface area contributed by atoms with Gasteiger partial charge in [-0.05, 0) is 52.0 Å². The van der Waals surface area contributed by atoms with Crippen molar-refractivity contribution in [2.75, 3.05) is 6.54 Å². The second-order valence-corrected chi connectivity index (χ2v) is 6.72. The zero-order valence-electron chi connectivity index (χ0n) is 12.4. The summed E-state index contributed by atoms with van der Waals surface area (Å²) in [5.74, 6) is 0.771. The van der Waals surface area contributed by atoms with Gasteiger partial charge in [-0.25, -0.2) is 0 Å². The number of carbonyl (C=O) groups excluding carboxylic acids is 2. The van der Waals surface area contributed by atoms with E-state index in [9.17, 15) is 9.59 Å². The lowest BCUT2D eigenvalue weighted by molar-refractivity contribution is -0.131. The van der Waals surface area contributed by atoms with E-state index in [1.165, 1.54) is 6.42 Å². The predicted octanol–water partition coefficient (Wildman–Crippen LogP) is 1.88. The SMILES string of the molecule is CC(C(=O)NC1CC1)N1CCCC1C1CCCCC1=O. The Morgan fingerprint density at radius 3 is 2.70 bits per heavy atom. The quantitative estimate of drug-likeness (QED) is 0.854. The van der Waals surface area contributed by atoms with Crippen LogP contribution in [0.3, 0.4) is 0 Å². The second-order valence-electron chi connectivity index (χ2n) is 6.72. The molecule has 0 bridgehead atoms. The average molecular weight is 278 g/mol. The van der Waals surface area contributed by atoms with Crippen LogP contribution in [0.25, 0.3) is 0 Å². The molecule has 3 aliphatic rings. The Morgan fingerprint density at radius 2 is 2.00 bits per heavy atom. The molecule has 1 heterocycles. The molecule has 1 N–H and O–H groups in total. The number of hydrogen-bond donors (Lipinski definition) is 1. The van der Waals surface area contributed by atoms with Crippen LogP contribution in [0.15, 0.2) is 0 Å². The molecule has 4 heteroatoms. The van der Waals surface area contributed by atoms with Gasteiger partial charge >= 0.3 is 0 Å². The van der Waals surface area contributed by atoms with Crippen LogP contribution in [0, 0.1) is 5.92 Å². The zero-order valence-corrected chi connectivity index (χ0v) is 12.4. The van der Waals surface area contributed by atoms with Gasteiger partial charge in [-0.3, -0.25) is 14.5 Å². The molecule has 4 nitrogen and oxygen atoms in total. The summed E-state index contributed by atoms with van der Waals surface area (Å²) < 4.78 is 0. The lowest BCUT2D eigenvalue weighted by Crippen LogP contribution is -2.51. The number of carbonyl (C=O) groups is 2. The van der Waals surface area contributed by atoms with E-state index in [4.69, 9.17) is 0 Å². The van der Waals surface area contributed by atoms with Crippen LogP contribution in [0.4, 0.5) is 0 Å². The van der Waals surface area contributed by atoms with Crippen LogP contribution < -0.4 is 5.32 Å². The largest absolute Gasteiger partial charge is 0.352 e. The van der Waals surface area contributed by atoms with E-state index in [1.54, 1.807) is 0 Å². The molecule has 20 heavy (non-hydrogen) atoms. The fourth-order valence-electron chi connectivity index (χ4n) is 3.84. The number of likely N-dealkylation sites (tertiary alicyclic amines) is 1. The molecule has 1 aliphatic heterocycles. The highest BCUT2D eigenvalue weighted by Crippen LogP contribution is 2.33. The minimum absolute atomic E-state index is 0.0853. The Bertz CT molecular complexity index is 392. The first-order chi connectivity index (χ1) is 9.66. The van der Waals surface area contributed by atoms with Gasteiger partial charge in [-0.15, -0.1) is 0 Å². The van der Waals surface area contributed by atoms with Crippen molar-refractivity contribution in [1.82, 2.24) is 10.2 Å². The second kappa shape index (κ2) is 5.84. The smallest absolute Gasteiger partial charge is 0.237 e. The molecular formula is C16H26N2O2. The lowest BCUT2D eigenvalue weighted by Gasteiger charge is -2.36. The van der Waals surface area contributed by atoms with Crippen LogP contribution in [0.1, 0.15) is 58.3 Å². The van der Waals surface area contributed by atoms with Gasteiger partial charge in [-0.2, -0.15) is 0 Å². The number of nitrogens with zero attached hydrogens (tertiary/aromatic N) is 1. The molecule has 0 aromatic rings. The minimum atomic E-state index is -0.0853. The molecule has 2 saturated carbocycles. The Balaban J connectivity index is 1.64. The van der Waals surface area contributed by atoms with Gasteiger partial charge in [0.2, 0.25) is 5.91 Å². The van der Waals surface area contributed by atoms with E-state index < -0.39 is 0 Å². The third-order valence-electron chi connectivity index (χ3n) is 5.21. The van der Waals surface area contributed by atoms with E-state index >= 15 is 0 Å². The molecule has 112 valence electrons. The van der Waals surface area contributed by atoms with Gasteiger partial charge in [-0.1, -0.05) is 6.42 Å². The van der Waals surface area contributed by atoms with Crippen LogP contribution in [0.5, 0.6) is 0 Å². The summed E-state index contributed by atoms with van der Waals surface area (Å²) in [4.78, 5) is 26.7. The summed E-state index contributed by atoms with van der Waals surface area (Å²) in [5, 5.41) is 3.10. The number of ketones is 1. The normalized spacial score (nSPS) is 33.1. The summed E-state index contributed by atoms with van der Waals surface area (Å²) >= 11 is 0. The lowest BCUT2D eigenvalue weighted by atomic mass is 9.81. The minimum Gasteiger partial charge on any atom is -0.352 e. The van der Waals surface area contributed by atoms with Crippen molar-refractivity contribution in [2.45, 2.75) is 76.4 Å². The highest BCUT2D eigenvalue weighted by atomic mass is 16.2. The van der Waals surface area contributed by atoms with E-state index in [0.717, 1.165) is 51.5 Å². The van der Waals surface area contributed by atoms with Gasteiger partial charge in [0, 0.05) is 24.4 Å². The molecule has 3 unspecified atom stereocenters. The summed E-state index contributed by atoms with van der Waals surface area (Å²) in [6, 6.07) is 0.642. The summed E-state index contributed by atoms with van der Waals surface area (Å²) in [5.41, 5.74) is 0. The summed E-state index contributed by atoms with van der Waals surface area (Å²) in [6.45, 7) is 2.97. The van der Waals surface area contributed by atoms with Crippen molar-refractivity contribution >= 4 is 11.7 Å². The predicted molar refractivity (Wildman–Crippen MR) is 77.3 cm³/mol.